The van der Waals surface area contributed by atoms with E-state index in [0.717, 1.165) is 18.4 Å². The maximum Gasteiger partial charge on any atom is 0.236 e. The minimum atomic E-state index is -0.450. The Kier molecular flexibility index (Phi) is 3.36. The Morgan fingerprint density at radius 2 is 1.82 bits per heavy atom. The van der Waals surface area contributed by atoms with Gasteiger partial charge in [-0.25, -0.2) is 0 Å². The third-order valence-electron chi connectivity index (χ3n) is 4.05. The number of amides is 1. The Labute approximate surface area is 103 Å². The Morgan fingerprint density at radius 1 is 1.24 bits per heavy atom. The molecule has 1 amide bonds. The Hall–Kier alpha value is -1.12. The summed E-state index contributed by atoms with van der Waals surface area (Å²) in [5.74, 6) is -0.443. The van der Waals surface area contributed by atoms with Gasteiger partial charge in [-0.15, -0.1) is 0 Å². The summed E-state index contributed by atoms with van der Waals surface area (Å²) in [5, 5.41) is 0. The van der Waals surface area contributed by atoms with E-state index in [1.54, 1.807) is 0 Å². The maximum absolute atomic E-state index is 12.1. The molecule has 0 spiro atoms. The molecule has 17 heavy (non-hydrogen) atoms. The molecule has 3 heteroatoms. The number of rotatable bonds is 3. The first-order chi connectivity index (χ1) is 8.04. The van der Waals surface area contributed by atoms with Crippen LogP contribution in [0.5, 0.6) is 0 Å². The second kappa shape index (κ2) is 4.63. The van der Waals surface area contributed by atoms with Gasteiger partial charge in [-0.1, -0.05) is 31.4 Å². The number of β-lactam (4-membered cyclic amide) rings is 1. The average Bonchev–Trinajstić information content (AvgIpc) is 2.26. The molecule has 0 radical (unpaired) electrons. The van der Waals surface area contributed by atoms with Crippen LogP contribution >= 0.6 is 0 Å². The molecule has 2 atom stereocenters. The van der Waals surface area contributed by atoms with Crippen molar-refractivity contribution in [1.29, 1.82) is 0 Å². The lowest BCUT2D eigenvalue weighted by molar-refractivity contribution is -0.163. The fraction of sp³-hybridized carbons (Fsp3) is 0.714. The lowest BCUT2D eigenvalue weighted by atomic mass is 9.77. The molecule has 0 N–H and O–H groups in total. The number of likely N-dealkylation sites (tertiary alicyclic amines) is 1. The summed E-state index contributed by atoms with van der Waals surface area (Å²) < 4.78 is 0. The summed E-state index contributed by atoms with van der Waals surface area (Å²) in [5.41, 5.74) is 0.940. The molecule has 0 aromatic carbocycles. The van der Waals surface area contributed by atoms with Crippen LogP contribution in [-0.4, -0.2) is 28.7 Å². The molecule has 94 valence electrons. The first kappa shape index (κ1) is 12.3. The fourth-order valence-corrected chi connectivity index (χ4v) is 3.20. The molecular formula is C14H21NO2. The van der Waals surface area contributed by atoms with Crippen molar-refractivity contribution in [2.75, 3.05) is 0 Å². The van der Waals surface area contributed by atoms with E-state index in [-0.39, 0.29) is 17.7 Å². The fourth-order valence-electron chi connectivity index (χ4n) is 3.20. The van der Waals surface area contributed by atoms with Crippen molar-refractivity contribution in [3.8, 4) is 0 Å². The van der Waals surface area contributed by atoms with Crippen molar-refractivity contribution in [3.63, 3.8) is 0 Å². The van der Waals surface area contributed by atoms with Gasteiger partial charge in [-0.05, 0) is 26.7 Å². The van der Waals surface area contributed by atoms with Crippen molar-refractivity contribution in [2.24, 2.45) is 5.92 Å². The first-order valence-corrected chi connectivity index (χ1v) is 6.52. The minimum Gasteiger partial charge on any atom is -0.331 e. The zero-order chi connectivity index (χ0) is 12.6. The number of carbonyl (C=O) groups excluding carboxylic acids is 2. The van der Waals surface area contributed by atoms with Gasteiger partial charge in [-0.2, -0.15) is 0 Å². The predicted octanol–water partition coefficient (Wildman–Crippen LogP) is 2.31. The minimum absolute atomic E-state index is 0.0185. The van der Waals surface area contributed by atoms with Gasteiger partial charge in [0.25, 0.3) is 0 Å². The van der Waals surface area contributed by atoms with E-state index in [9.17, 15) is 9.59 Å². The number of hydrogen-bond donors (Lipinski definition) is 0. The highest BCUT2D eigenvalue weighted by Gasteiger charge is 2.52. The maximum atomic E-state index is 12.1. The highest BCUT2D eigenvalue weighted by molar-refractivity contribution is 6.06. The van der Waals surface area contributed by atoms with Gasteiger partial charge in [-0.3, -0.25) is 9.59 Å². The van der Waals surface area contributed by atoms with Gasteiger partial charge in [0.15, 0.2) is 0 Å². The Bertz CT molecular complexity index is 355. The second-order valence-corrected chi connectivity index (χ2v) is 5.42. The van der Waals surface area contributed by atoms with E-state index in [0.29, 0.717) is 6.04 Å². The predicted molar refractivity (Wildman–Crippen MR) is 66.5 cm³/mol. The van der Waals surface area contributed by atoms with Crippen LogP contribution in [0.1, 0.15) is 46.0 Å². The van der Waals surface area contributed by atoms with Crippen LogP contribution < -0.4 is 0 Å². The van der Waals surface area contributed by atoms with Crippen LogP contribution in [0.25, 0.3) is 0 Å². The normalized spacial score (nSPS) is 30.0. The SMILES string of the molecule is C=C(C)[C@H]1[C@H](C(C)=O)C(=O)N1C1CCCCC1. The molecule has 0 aromatic heterocycles. The van der Waals surface area contributed by atoms with Gasteiger partial charge >= 0.3 is 0 Å². The number of ketones is 1. The zero-order valence-electron chi connectivity index (χ0n) is 10.7. The molecule has 0 unspecified atom stereocenters. The number of Topliss-reactive ketones (excluding diaryl/α,β-unsaturated/α-hetero) is 1. The van der Waals surface area contributed by atoms with Crippen molar-refractivity contribution in [2.45, 2.75) is 58.0 Å². The molecule has 1 aliphatic carbocycles. The molecule has 1 heterocycles. The van der Waals surface area contributed by atoms with E-state index >= 15 is 0 Å². The zero-order valence-corrected chi connectivity index (χ0v) is 10.7. The third kappa shape index (κ3) is 2.03. The quantitative estimate of drug-likeness (QED) is 0.427. The number of hydrogen-bond acceptors (Lipinski definition) is 2. The molecule has 0 aromatic rings. The van der Waals surface area contributed by atoms with Crippen LogP contribution in [0.15, 0.2) is 12.2 Å². The molecule has 2 aliphatic rings. The molecule has 1 saturated carbocycles. The molecule has 1 aliphatic heterocycles. The third-order valence-corrected chi connectivity index (χ3v) is 4.05. The standard InChI is InChI=1S/C14H21NO2/c1-9(2)13-12(10(3)16)14(17)15(13)11-7-5-4-6-8-11/h11-13H,1,4-8H2,2-3H3/t12-,13-/m0/s1. The summed E-state index contributed by atoms with van der Waals surface area (Å²) in [6.07, 6.45) is 5.83. The van der Waals surface area contributed by atoms with E-state index in [2.05, 4.69) is 6.58 Å². The molecule has 3 nitrogen and oxygen atoms in total. The molecule has 1 saturated heterocycles. The number of carbonyl (C=O) groups is 2. The summed E-state index contributed by atoms with van der Waals surface area (Å²) >= 11 is 0. The van der Waals surface area contributed by atoms with Crippen LogP contribution in [0.4, 0.5) is 0 Å². The first-order valence-electron chi connectivity index (χ1n) is 6.52. The summed E-state index contributed by atoms with van der Waals surface area (Å²) in [6.45, 7) is 7.37. The van der Waals surface area contributed by atoms with E-state index < -0.39 is 5.92 Å². The van der Waals surface area contributed by atoms with E-state index in [1.165, 1.54) is 26.2 Å². The molecular weight excluding hydrogens is 214 g/mol. The van der Waals surface area contributed by atoms with Crippen molar-refractivity contribution < 1.29 is 9.59 Å². The molecule has 2 rings (SSSR count). The highest BCUT2D eigenvalue weighted by Crippen LogP contribution is 2.38. The largest absolute Gasteiger partial charge is 0.331 e. The van der Waals surface area contributed by atoms with Crippen LogP contribution in [0, 0.1) is 5.92 Å². The lowest BCUT2D eigenvalue weighted by Crippen LogP contribution is -2.66. The Morgan fingerprint density at radius 3 is 2.29 bits per heavy atom. The topological polar surface area (TPSA) is 37.4 Å². The van der Waals surface area contributed by atoms with Gasteiger partial charge in [0.05, 0.1) is 6.04 Å². The lowest BCUT2D eigenvalue weighted by Gasteiger charge is -2.51. The van der Waals surface area contributed by atoms with Crippen molar-refractivity contribution in [1.82, 2.24) is 4.90 Å². The monoisotopic (exact) mass is 235 g/mol. The van der Waals surface area contributed by atoms with Crippen molar-refractivity contribution >= 4 is 11.7 Å². The molecule has 2 fully saturated rings. The highest BCUT2D eigenvalue weighted by atomic mass is 16.2. The Balaban J connectivity index is 2.14. The second-order valence-electron chi connectivity index (χ2n) is 5.42. The number of nitrogens with zero attached hydrogens (tertiary/aromatic N) is 1. The summed E-state index contributed by atoms with van der Waals surface area (Å²) in [6, 6.07) is 0.302. The van der Waals surface area contributed by atoms with Crippen molar-refractivity contribution in [3.05, 3.63) is 12.2 Å². The van der Waals surface area contributed by atoms with E-state index in [1.807, 2.05) is 11.8 Å². The van der Waals surface area contributed by atoms with E-state index in [4.69, 9.17) is 0 Å². The molecule has 0 bridgehead atoms. The van der Waals surface area contributed by atoms with Gasteiger partial charge in [0, 0.05) is 6.04 Å². The van der Waals surface area contributed by atoms with Gasteiger partial charge in [0.2, 0.25) is 5.91 Å². The summed E-state index contributed by atoms with van der Waals surface area (Å²) in [4.78, 5) is 25.5. The van der Waals surface area contributed by atoms with Gasteiger partial charge < -0.3 is 4.90 Å². The van der Waals surface area contributed by atoms with Crippen LogP contribution in [-0.2, 0) is 9.59 Å². The average molecular weight is 235 g/mol. The summed E-state index contributed by atoms with van der Waals surface area (Å²) in [7, 11) is 0. The van der Waals surface area contributed by atoms with Crippen LogP contribution in [0.3, 0.4) is 0 Å². The smallest absolute Gasteiger partial charge is 0.236 e. The van der Waals surface area contributed by atoms with Gasteiger partial charge in [0.1, 0.15) is 11.7 Å². The van der Waals surface area contributed by atoms with Crippen LogP contribution in [0.2, 0.25) is 0 Å².